The van der Waals surface area contributed by atoms with Crippen molar-refractivity contribution < 1.29 is 17.9 Å². The van der Waals surface area contributed by atoms with Crippen molar-refractivity contribution in [3.05, 3.63) is 107 Å². The van der Waals surface area contributed by atoms with Crippen LogP contribution in [0.25, 0.3) is 28.3 Å². The summed E-state index contributed by atoms with van der Waals surface area (Å²) in [4.78, 5) is 0. The Bertz CT molecular complexity index is 1620. The van der Waals surface area contributed by atoms with Gasteiger partial charge in [0.25, 0.3) is 0 Å². The third-order valence-electron chi connectivity index (χ3n) is 8.79. The van der Waals surface area contributed by atoms with Crippen LogP contribution in [-0.2, 0) is 24.3 Å². The molecule has 0 spiro atoms. The minimum atomic E-state index is -3.98. The van der Waals surface area contributed by atoms with E-state index < -0.39 is 27.4 Å². The van der Waals surface area contributed by atoms with Crippen molar-refractivity contribution >= 4 is 46.3 Å². The van der Waals surface area contributed by atoms with Gasteiger partial charge in [-0.15, -0.1) is 0 Å². The number of rotatable bonds is 6. The van der Waals surface area contributed by atoms with E-state index in [-0.39, 0.29) is 3.63 Å². The predicted octanol–water partition coefficient (Wildman–Crippen LogP) is 8.02. The first-order valence-corrected chi connectivity index (χ1v) is 24.7. The molecule has 0 saturated carbocycles. The molecule has 198 valence electrons. The van der Waals surface area contributed by atoms with Crippen LogP contribution in [0, 0.1) is 5.92 Å². The van der Waals surface area contributed by atoms with E-state index in [9.17, 15) is 0 Å². The van der Waals surface area contributed by atoms with Crippen LogP contribution in [0.2, 0.25) is 0 Å². The van der Waals surface area contributed by atoms with Gasteiger partial charge in [-0.1, -0.05) is 0 Å². The molecular formula is C35H36Cl2SiZr. The van der Waals surface area contributed by atoms with E-state index in [4.69, 9.17) is 17.0 Å². The number of halogens is 2. The molecule has 0 N–H and O–H groups in total. The van der Waals surface area contributed by atoms with Crippen molar-refractivity contribution in [3.8, 4) is 22.3 Å². The van der Waals surface area contributed by atoms with Gasteiger partial charge in [0.2, 0.25) is 0 Å². The van der Waals surface area contributed by atoms with Gasteiger partial charge in [-0.05, 0) is 0 Å². The van der Waals surface area contributed by atoms with E-state index in [0.29, 0.717) is 11.8 Å². The minimum absolute atomic E-state index is 0.109. The quantitative estimate of drug-likeness (QED) is 0.164. The van der Waals surface area contributed by atoms with Crippen LogP contribution in [0.4, 0.5) is 0 Å². The zero-order valence-electron chi connectivity index (χ0n) is 23.5. The summed E-state index contributed by atoms with van der Waals surface area (Å²) in [5.74, 6) is 0.825. The Kier molecular flexibility index (Phi) is 7.47. The average Bonchev–Trinajstić information content (AvgIpc) is 3.52. The molecule has 1 aliphatic carbocycles. The van der Waals surface area contributed by atoms with Crippen molar-refractivity contribution in [2.45, 2.75) is 50.6 Å². The second-order valence-electron chi connectivity index (χ2n) is 11.7. The summed E-state index contributed by atoms with van der Waals surface area (Å²) in [6.45, 7) is 11.5. The van der Waals surface area contributed by atoms with Crippen molar-refractivity contribution in [2.24, 2.45) is 5.92 Å². The number of aryl methyl sites for hydroxylation is 1. The number of fused-ring (bicyclic) bond motifs is 4. The Morgan fingerprint density at radius 3 is 2.18 bits per heavy atom. The van der Waals surface area contributed by atoms with E-state index in [1.165, 1.54) is 63.7 Å². The first-order valence-electron chi connectivity index (χ1n) is 14.3. The molecule has 0 radical (unpaired) electrons. The number of benzene rings is 4. The van der Waals surface area contributed by atoms with Crippen LogP contribution in [0.3, 0.4) is 0 Å². The van der Waals surface area contributed by atoms with Gasteiger partial charge < -0.3 is 0 Å². The zero-order valence-corrected chi connectivity index (χ0v) is 28.9. The molecule has 0 saturated heterocycles. The summed E-state index contributed by atoms with van der Waals surface area (Å²) in [5, 5.41) is 3.01. The Balaban J connectivity index is 1.56. The zero-order chi connectivity index (χ0) is 27.5. The molecule has 4 aromatic rings. The van der Waals surface area contributed by atoms with Gasteiger partial charge >= 0.3 is 250 Å². The molecule has 4 aromatic carbocycles. The Labute approximate surface area is 247 Å². The van der Waals surface area contributed by atoms with Gasteiger partial charge in [-0.3, -0.25) is 0 Å². The van der Waals surface area contributed by atoms with E-state index in [1.807, 2.05) is 0 Å². The summed E-state index contributed by atoms with van der Waals surface area (Å²) >= 11 is -3.98. The van der Waals surface area contributed by atoms with Crippen LogP contribution >= 0.6 is 17.0 Å². The van der Waals surface area contributed by atoms with Crippen LogP contribution < -0.4 is 13.6 Å². The fraction of sp³-hybridized carbons (Fsp3) is 0.257. The SMILES string of the molecule is CCc1ccc2c(c1-c1ccccc1C(C)C)C=C(C(C)C)[CH]2[Zr]([Cl])([Cl])[c]1cccc2c1[SiH2]c1ccccc1-2. The van der Waals surface area contributed by atoms with Crippen LogP contribution in [0.15, 0.2) is 84.4 Å². The molecule has 0 amide bonds. The number of allylic oxidation sites excluding steroid dienone is 1. The average molecular weight is 647 g/mol. The summed E-state index contributed by atoms with van der Waals surface area (Å²) in [6, 6.07) is 29.3. The molecule has 39 heavy (non-hydrogen) atoms. The van der Waals surface area contributed by atoms with E-state index in [0.717, 1.165) is 6.42 Å². The fourth-order valence-corrected chi connectivity index (χ4v) is 23.9. The van der Waals surface area contributed by atoms with E-state index in [1.54, 1.807) is 0 Å². The summed E-state index contributed by atoms with van der Waals surface area (Å²) in [5.41, 5.74) is 12.4. The van der Waals surface area contributed by atoms with Crippen LogP contribution in [-0.4, -0.2) is 9.52 Å². The van der Waals surface area contributed by atoms with Gasteiger partial charge in [-0.25, -0.2) is 0 Å². The molecule has 4 heteroatoms. The molecule has 0 bridgehead atoms. The standard InChI is InChI=1S/C23H27.C12H9Si.2ClH.Zr/c1-6-17-11-12-18-13-19(15(2)3)14-22(18)23(17)21-10-8-7-9-20(21)16(4)5;1-3-7-11-9(5-1)10-6-2-4-8-12(10)13-11;;;/h7-16H,6H2,1-5H3;1-7H,13H2;2*1H;/q;;;;+2/p-2. The van der Waals surface area contributed by atoms with Gasteiger partial charge in [0.15, 0.2) is 0 Å². The Morgan fingerprint density at radius 1 is 0.769 bits per heavy atom. The predicted molar refractivity (Wildman–Crippen MR) is 172 cm³/mol. The molecule has 1 aliphatic heterocycles. The Morgan fingerprint density at radius 2 is 1.46 bits per heavy atom. The van der Waals surface area contributed by atoms with Crippen molar-refractivity contribution in [2.75, 3.05) is 0 Å². The molecule has 1 atom stereocenters. The second-order valence-corrected chi connectivity index (χ2v) is 27.5. The number of hydrogen-bond acceptors (Lipinski definition) is 0. The first kappa shape index (κ1) is 27.5. The van der Waals surface area contributed by atoms with Crippen LogP contribution in [0.5, 0.6) is 0 Å². The van der Waals surface area contributed by atoms with E-state index >= 15 is 0 Å². The normalized spacial score (nSPS) is 16.5. The molecule has 0 nitrogen and oxygen atoms in total. The number of hydrogen-bond donors (Lipinski definition) is 0. The van der Waals surface area contributed by atoms with Gasteiger partial charge in [0.05, 0.1) is 0 Å². The molecular weight excluding hydrogens is 611 g/mol. The molecule has 1 heterocycles. The van der Waals surface area contributed by atoms with Crippen molar-refractivity contribution in [3.63, 3.8) is 0 Å². The molecule has 2 aliphatic rings. The molecule has 0 aromatic heterocycles. The second kappa shape index (κ2) is 10.6. The van der Waals surface area contributed by atoms with Crippen molar-refractivity contribution in [1.82, 2.24) is 0 Å². The monoisotopic (exact) mass is 644 g/mol. The van der Waals surface area contributed by atoms with Gasteiger partial charge in [0.1, 0.15) is 0 Å². The van der Waals surface area contributed by atoms with Crippen LogP contribution in [0.1, 0.15) is 66.4 Å². The summed E-state index contributed by atoms with van der Waals surface area (Å²) < 4.78 is 1.42. The fourth-order valence-electron chi connectivity index (χ4n) is 6.89. The molecule has 1 unspecified atom stereocenters. The Hall–Kier alpha value is -1.70. The maximum atomic E-state index is 7.87. The third-order valence-corrected chi connectivity index (χ3v) is 23.0. The van der Waals surface area contributed by atoms with Crippen molar-refractivity contribution in [1.29, 1.82) is 0 Å². The molecule has 6 rings (SSSR count). The van der Waals surface area contributed by atoms with Gasteiger partial charge in [0, 0.05) is 0 Å². The van der Waals surface area contributed by atoms with Gasteiger partial charge in [-0.2, -0.15) is 0 Å². The molecule has 0 fully saturated rings. The summed E-state index contributed by atoms with van der Waals surface area (Å²) in [7, 11) is 15.1. The van der Waals surface area contributed by atoms with E-state index in [2.05, 4.69) is 120 Å². The topological polar surface area (TPSA) is 0 Å². The third kappa shape index (κ3) is 4.51. The first-order chi connectivity index (χ1) is 18.7. The summed E-state index contributed by atoms with van der Waals surface area (Å²) in [6.07, 6.45) is 3.47. The maximum absolute atomic E-state index is 7.87.